The van der Waals surface area contributed by atoms with Crippen molar-refractivity contribution in [3.63, 3.8) is 0 Å². The number of carbonyl (C=O) groups excluding carboxylic acids is 3. The summed E-state index contributed by atoms with van der Waals surface area (Å²) < 4.78 is 24.5. The van der Waals surface area contributed by atoms with E-state index in [1.165, 1.54) is 154 Å². The van der Waals surface area contributed by atoms with E-state index in [9.17, 15) is 14.4 Å². The van der Waals surface area contributed by atoms with Crippen LogP contribution in [0.25, 0.3) is 0 Å². The Kier molecular flexibility index (Phi) is 41.7. The molecule has 0 saturated carbocycles. The van der Waals surface area contributed by atoms with Crippen molar-refractivity contribution in [2.75, 3.05) is 39.5 Å². The highest BCUT2D eigenvalue weighted by molar-refractivity contribution is 5.95. The number of esters is 1. The van der Waals surface area contributed by atoms with Crippen molar-refractivity contribution in [2.45, 2.75) is 259 Å². The Bertz CT molecular complexity index is 1190. The first-order valence-electron chi connectivity index (χ1n) is 27.2. The van der Waals surface area contributed by atoms with Crippen LogP contribution in [0, 0.1) is 0 Å². The third kappa shape index (κ3) is 35.3. The molecule has 9 heteroatoms. The molecule has 0 radical (unpaired) electrons. The van der Waals surface area contributed by atoms with E-state index < -0.39 is 0 Å². The van der Waals surface area contributed by atoms with Crippen molar-refractivity contribution in [1.29, 1.82) is 0 Å². The Balaban J connectivity index is 2.89. The number of carbonyl (C=O) groups is 3. The van der Waals surface area contributed by atoms with Gasteiger partial charge in [0, 0.05) is 31.5 Å². The Morgan fingerprint density at radius 3 is 1.20 bits per heavy atom. The van der Waals surface area contributed by atoms with Gasteiger partial charge < -0.3 is 29.6 Å². The van der Waals surface area contributed by atoms with E-state index in [1.807, 2.05) is 19.1 Å². The van der Waals surface area contributed by atoms with Gasteiger partial charge in [-0.2, -0.15) is 0 Å². The second-order valence-corrected chi connectivity index (χ2v) is 18.2. The summed E-state index contributed by atoms with van der Waals surface area (Å²) in [5.74, 6) is 1.36. The molecule has 0 bridgehead atoms. The van der Waals surface area contributed by atoms with Gasteiger partial charge in [-0.25, -0.2) is 0 Å². The zero-order valence-electron chi connectivity index (χ0n) is 42.2. The molecule has 1 rings (SSSR count). The van der Waals surface area contributed by atoms with E-state index in [1.54, 1.807) is 0 Å². The second kappa shape index (κ2) is 45.2. The average Bonchev–Trinajstić information content (AvgIpc) is 3.29. The highest BCUT2D eigenvalue weighted by atomic mass is 16.5. The molecule has 372 valence electrons. The van der Waals surface area contributed by atoms with Crippen molar-refractivity contribution in [1.82, 2.24) is 10.6 Å². The first-order chi connectivity index (χ1) is 31.5. The number of nitrogens with one attached hydrogen (secondary N) is 2. The Morgan fingerprint density at radius 1 is 0.406 bits per heavy atom. The molecule has 2 N–H and O–H groups in total. The summed E-state index contributed by atoms with van der Waals surface area (Å²) in [7, 11) is 0. The van der Waals surface area contributed by atoms with E-state index in [-0.39, 0.29) is 17.8 Å². The predicted molar refractivity (Wildman–Crippen MR) is 268 cm³/mol. The summed E-state index contributed by atoms with van der Waals surface area (Å²) in [6.07, 6.45) is 41.4. The van der Waals surface area contributed by atoms with Crippen LogP contribution >= 0.6 is 0 Å². The lowest BCUT2D eigenvalue weighted by molar-refractivity contribution is -0.143. The summed E-state index contributed by atoms with van der Waals surface area (Å²) >= 11 is 0. The Labute approximate surface area is 393 Å². The third-order valence-electron chi connectivity index (χ3n) is 12.1. The van der Waals surface area contributed by atoms with Crippen molar-refractivity contribution >= 4 is 17.8 Å². The largest absolute Gasteiger partial charge is 0.490 e. The Hall–Kier alpha value is -2.97. The van der Waals surface area contributed by atoms with Gasteiger partial charge in [-0.3, -0.25) is 14.4 Å². The van der Waals surface area contributed by atoms with Gasteiger partial charge in [0.1, 0.15) is 0 Å². The van der Waals surface area contributed by atoms with E-state index in [0.29, 0.717) is 81.6 Å². The fourth-order valence-electron chi connectivity index (χ4n) is 8.04. The molecule has 0 aliphatic heterocycles. The summed E-state index contributed by atoms with van der Waals surface area (Å²) in [6.45, 7) is 11.7. The van der Waals surface area contributed by atoms with Crippen molar-refractivity contribution in [3.05, 3.63) is 17.7 Å². The molecular weight excluding hydrogens is 801 g/mol. The zero-order valence-corrected chi connectivity index (χ0v) is 42.2. The second-order valence-electron chi connectivity index (χ2n) is 18.2. The van der Waals surface area contributed by atoms with Gasteiger partial charge in [0.2, 0.25) is 11.7 Å². The SMILES string of the molecule is CCCCCCCCCCCCOc1cc(C(=O)NCCCC(=O)NCCCCCC(=O)OCC)cc(OCCCCCCCCCCCC)c1OCCCCCCCCCCCC. The van der Waals surface area contributed by atoms with Crippen molar-refractivity contribution < 1.29 is 33.3 Å². The van der Waals surface area contributed by atoms with Gasteiger partial charge >= 0.3 is 5.97 Å². The number of benzene rings is 1. The van der Waals surface area contributed by atoms with Crippen LogP contribution in [0.1, 0.15) is 269 Å². The predicted octanol–water partition coefficient (Wildman–Crippen LogP) is 15.3. The molecule has 0 unspecified atom stereocenters. The molecule has 64 heavy (non-hydrogen) atoms. The maximum Gasteiger partial charge on any atom is 0.305 e. The minimum Gasteiger partial charge on any atom is -0.490 e. The molecule has 1 aromatic rings. The summed E-state index contributed by atoms with van der Waals surface area (Å²) in [5, 5.41) is 5.99. The fraction of sp³-hybridized carbons (Fsp3) is 0.836. The molecule has 0 atom stereocenters. The van der Waals surface area contributed by atoms with Gasteiger partial charge in [-0.1, -0.05) is 201 Å². The maximum absolute atomic E-state index is 13.6. The van der Waals surface area contributed by atoms with Crippen LogP contribution < -0.4 is 24.8 Å². The number of hydrogen-bond donors (Lipinski definition) is 2. The van der Waals surface area contributed by atoms with Gasteiger partial charge in [0.25, 0.3) is 5.91 Å². The van der Waals surface area contributed by atoms with Gasteiger partial charge in [0.05, 0.1) is 26.4 Å². The van der Waals surface area contributed by atoms with Gasteiger partial charge in [-0.05, 0) is 57.6 Å². The third-order valence-corrected chi connectivity index (χ3v) is 12.1. The highest BCUT2D eigenvalue weighted by Gasteiger charge is 2.19. The molecule has 0 aromatic heterocycles. The lowest BCUT2D eigenvalue weighted by Crippen LogP contribution is -2.28. The molecule has 0 spiro atoms. The summed E-state index contributed by atoms with van der Waals surface area (Å²) in [5.41, 5.74) is 0.481. The summed E-state index contributed by atoms with van der Waals surface area (Å²) in [6, 6.07) is 3.64. The molecule has 0 saturated heterocycles. The van der Waals surface area contributed by atoms with E-state index >= 15 is 0 Å². The highest BCUT2D eigenvalue weighted by Crippen LogP contribution is 2.40. The standard InChI is InChI=1S/C55H100N2O7/c1-5-9-12-15-18-21-24-27-30-36-44-62-50-47-49(55(60)57-43-39-40-52(58)56-42-35-33-34-41-53(59)61-8-4)48-51(63-45-37-31-28-25-22-19-16-13-10-6-2)54(50)64-46-38-32-29-26-23-20-17-14-11-7-3/h47-48H,5-46H2,1-4H3,(H,56,58)(H,57,60). The molecule has 0 aliphatic rings. The van der Waals surface area contributed by atoms with Gasteiger partial charge in [-0.15, -0.1) is 0 Å². The molecule has 1 aromatic carbocycles. The quantitative estimate of drug-likeness (QED) is 0.0495. The molecular formula is C55H100N2O7. The van der Waals surface area contributed by atoms with Crippen LogP contribution in [0.3, 0.4) is 0 Å². The lowest BCUT2D eigenvalue weighted by atomic mass is 10.1. The molecule has 0 heterocycles. The van der Waals surface area contributed by atoms with E-state index in [0.717, 1.165) is 57.8 Å². The van der Waals surface area contributed by atoms with Crippen LogP contribution in [0.5, 0.6) is 17.2 Å². The van der Waals surface area contributed by atoms with E-state index in [4.69, 9.17) is 18.9 Å². The first kappa shape index (κ1) is 59.0. The zero-order chi connectivity index (χ0) is 46.4. The van der Waals surface area contributed by atoms with Crippen LogP contribution in [0.2, 0.25) is 0 Å². The minimum atomic E-state index is -0.212. The fourth-order valence-corrected chi connectivity index (χ4v) is 8.04. The number of hydrogen-bond acceptors (Lipinski definition) is 7. The van der Waals surface area contributed by atoms with Gasteiger partial charge in [0.15, 0.2) is 11.5 Å². The number of ether oxygens (including phenoxy) is 4. The first-order valence-corrected chi connectivity index (χ1v) is 27.2. The maximum atomic E-state index is 13.6. The normalized spacial score (nSPS) is 11.1. The van der Waals surface area contributed by atoms with Crippen LogP contribution in [0.15, 0.2) is 12.1 Å². The monoisotopic (exact) mass is 901 g/mol. The minimum absolute atomic E-state index is 0.0335. The summed E-state index contributed by atoms with van der Waals surface area (Å²) in [4.78, 5) is 37.6. The number of unbranched alkanes of at least 4 members (excludes halogenated alkanes) is 29. The topological polar surface area (TPSA) is 112 Å². The van der Waals surface area contributed by atoms with Crippen molar-refractivity contribution in [2.24, 2.45) is 0 Å². The smallest absolute Gasteiger partial charge is 0.305 e. The van der Waals surface area contributed by atoms with Crippen LogP contribution in [0.4, 0.5) is 0 Å². The Morgan fingerprint density at radius 2 is 0.781 bits per heavy atom. The van der Waals surface area contributed by atoms with Crippen LogP contribution in [-0.4, -0.2) is 57.3 Å². The van der Waals surface area contributed by atoms with Crippen molar-refractivity contribution in [3.8, 4) is 17.2 Å². The van der Waals surface area contributed by atoms with E-state index in [2.05, 4.69) is 31.4 Å². The molecule has 9 nitrogen and oxygen atoms in total. The lowest BCUT2D eigenvalue weighted by Gasteiger charge is -2.19. The van der Waals surface area contributed by atoms with Crippen LogP contribution in [-0.2, 0) is 14.3 Å². The number of rotatable bonds is 48. The molecule has 2 amide bonds. The number of amides is 2. The molecule has 0 fully saturated rings. The average molecular weight is 901 g/mol. The molecule has 0 aliphatic carbocycles.